The van der Waals surface area contributed by atoms with E-state index < -0.39 is 0 Å². The van der Waals surface area contributed by atoms with Crippen molar-refractivity contribution in [3.63, 3.8) is 0 Å². The maximum absolute atomic E-state index is 12.7. The first-order valence-corrected chi connectivity index (χ1v) is 8.88. The Labute approximate surface area is 155 Å². The summed E-state index contributed by atoms with van der Waals surface area (Å²) in [6.07, 6.45) is 6.04. The van der Waals surface area contributed by atoms with Gasteiger partial charge in [-0.25, -0.2) is 14.8 Å². The molecule has 26 heavy (non-hydrogen) atoms. The lowest BCUT2D eigenvalue weighted by Gasteiger charge is -2.33. The summed E-state index contributed by atoms with van der Waals surface area (Å²) in [6, 6.07) is 4.88. The molecule has 0 spiro atoms. The van der Waals surface area contributed by atoms with Crippen LogP contribution < -0.4 is 14.4 Å². The summed E-state index contributed by atoms with van der Waals surface area (Å²) in [6.45, 7) is 1.00. The van der Waals surface area contributed by atoms with E-state index in [0.717, 1.165) is 31.4 Å². The van der Waals surface area contributed by atoms with Gasteiger partial charge in [-0.1, -0.05) is 11.6 Å². The van der Waals surface area contributed by atoms with Gasteiger partial charge in [0.25, 0.3) is 0 Å². The van der Waals surface area contributed by atoms with Gasteiger partial charge < -0.3 is 19.1 Å². The van der Waals surface area contributed by atoms with Crippen LogP contribution in [-0.4, -0.2) is 35.3 Å². The fourth-order valence-corrected chi connectivity index (χ4v) is 3.50. The lowest BCUT2D eigenvalue weighted by Crippen LogP contribution is -2.46. The normalized spacial score (nSPS) is 18.7. The molecule has 1 aromatic heterocycles. The number of fused-ring (bicyclic) bond motifs is 1. The number of benzene rings is 1. The number of rotatable bonds is 4. The van der Waals surface area contributed by atoms with Gasteiger partial charge in [0.05, 0.1) is 5.02 Å². The second kappa shape index (κ2) is 7.37. The molecule has 2 aromatic rings. The average Bonchev–Trinajstić information content (AvgIpc) is 3.16. The van der Waals surface area contributed by atoms with Gasteiger partial charge >= 0.3 is 5.97 Å². The number of anilines is 1. The molecule has 0 bridgehead atoms. The Balaban J connectivity index is 1.45. The van der Waals surface area contributed by atoms with Gasteiger partial charge in [0.2, 0.25) is 12.7 Å². The minimum atomic E-state index is -0.379. The van der Waals surface area contributed by atoms with Gasteiger partial charge in [0.15, 0.2) is 11.5 Å². The minimum Gasteiger partial charge on any atom is -0.459 e. The van der Waals surface area contributed by atoms with E-state index in [4.69, 9.17) is 25.8 Å². The third-order valence-electron chi connectivity index (χ3n) is 4.45. The third-order valence-corrected chi connectivity index (χ3v) is 4.73. The monoisotopic (exact) mass is 375 g/mol. The molecule has 0 radical (unpaired) electrons. The molecule has 0 saturated carbocycles. The molecular formula is C18H18ClN3O4. The van der Waals surface area contributed by atoms with Crippen LogP contribution >= 0.6 is 11.6 Å². The van der Waals surface area contributed by atoms with Crippen molar-refractivity contribution in [1.29, 1.82) is 0 Å². The van der Waals surface area contributed by atoms with E-state index in [1.807, 2.05) is 4.90 Å². The van der Waals surface area contributed by atoms with Crippen molar-refractivity contribution in [2.75, 3.05) is 18.2 Å². The highest BCUT2D eigenvalue weighted by Crippen LogP contribution is 2.40. The molecule has 8 heteroatoms. The second-order valence-corrected chi connectivity index (χ2v) is 6.58. The van der Waals surface area contributed by atoms with Gasteiger partial charge in [0, 0.05) is 18.9 Å². The van der Waals surface area contributed by atoms with E-state index in [-0.39, 0.29) is 25.4 Å². The van der Waals surface area contributed by atoms with E-state index >= 15 is 0 Å². The smallest absolute Gasteiger partial charge is 0.329 e. The summed E-state index contributed by atoms with van der Waals surface area (Å²) in [5.41, 5.74) is 0.755. The first kappa shape index (κ1) is 16.9. The van der Waals surface area contributed by atoms with Gasteiger partial charge in [-0.3, -0.25) is 0 Å². The molecule has 136 valence electrons. The number of hydrogen-bond donors (Lipinski definition) is 0. The van der Waals surface area contributed by atoms with Crippen LogP contribution in [0.4, 0.5) is 5.95 Å². The van der Waals surface area contributed by atoms with E-state index in [0.29, 0.717) is 22.5 Å². The van der Waals surface area contributed by atoms with Crippen LogP contribution in [0.5, 0.6) is 11.5 Å². The molecular weight excluding hydrogens is 358 g/mol. The van der Waals surface area contributed by atoms with Gasteiger partial charge in [-0.15, -0.1) is 0 Å². The Bertz CT molecular complexity index is 803. The Morgan fingerprint density at radius 2 is 2.12 bits per heavy atom. The summed E-state index contributed by atoms with van der Waals surface area (Å²) in [5.74, 6) is 1.37. The zero-order chi connectivity index (χ0) is 17.9. The number of halogens is 1. The third kappa shape index (κ3) is 3.39. The molecule has 1 atom stereocenters. The second-order valence-electron chi connectivity index (χ2n) is 6.17. The topological polar surface area (TPSA) is 73.8 Å². The summed E-state index contributed by atoms with van der Waals surface area (Å²) in [5, 5.41) is 0.447. The SMILES string of the molecule is O=C(OCc1cc(Cl)c2c(c1)OCO2)[C@H]1CCCCN1c1ncccn1. The molecule has 1 fully saturated rings. The number of carbonyl (C=O) groups excluding carboxylic acids is 1. The van der Waals surface area contributed by atoms with Crippen molar-refractivity contribution in [2.45, 2.75) is 31.9 Å². The average molecular weight is 376 g/mol. The van der Waals surface area contributed by atoms with Crippen molar-refractivity contribution in [1.82, 2.24) is 9.97 Å². The predicted octanol–water partition coefficient (Wildman–Crippen LogP) is 2.96. The molecule has 2 aliphatic heterocycles. The van der Waals surface area contributed by atoms with Crippen molar-refractivity contribution in [2.24, 2.45) is 0 Å². The first-order valence-electron chi connectivity index (χ1n) is 8.50. The predicted molar refractivity (Wildman–Crippen MR) is 94.4 cm³/mol. The summed E-state index contributed by atoms with van der Waals surface area (Å²) >= 11 is 6.17. The molecule has 1 aromatic carbocycles. The fourth-order valence-electron chi connectivity index (χ4n) is 3.21. The lowest BCUT2D eigenvalue weighted by molar-refractivity contribution is -0.147. The van der Waals surface area contributed by atoms with Crippen LogP contribution in [0.2, 0.25) is 5.02 Å². The molecule has 4 rings (SSSR count). The van der Waals surface area contributed by atoms with Gasteiger partial charge in [-0.2, -0.15) is 0 Å². The Morgan fingerprint density at radius 3 is 2.96 bits per heavy atom. The highest BCUT2D eigenvalue weighted by atomic mass is 35.5. The fraction of sp³-hybridized carbons (Fsp3) is 0.389. The van der Waals surface area contributed by atoms with Crippen molar-refractivity contribution < 1.29 is 19.0 Å². The Morgan fingerprint density at radius 1 is 1.27 bits per heavy atom. The largest absolute Gasteiger partial charge is 0.459 e. The van der Waals surface area contributed by atoms with Crippen LogP contribution in [0, 0.1) is 0 Å². The van der Waals surface area contributed by atoms with E-state index in [9.17, 15) is 4.79 Å². The number of ether oxygens (including phenoxy) is 3. The van der Waals surface area contributed by atoms with E-state index in [1.165, 1.54) is 0 Å². The number of carbonyl (C=O) groups is 1. The van der Waals surface area contributed by atoms with Crippen LogP contribution in [-0.2, 0) is 16.1 Å². The Hall–Kier alpha value is -2.54. The minimum absolute atomic E-state index is 0.120. The quantitative estimate of drug-likeness (QED) is 0.760. The van der Waals surface area contributed by atoms with Crippen molar-refractivity contribution in [3.8, 4) is 11.5 Å². The maximum Gasteiger partial charge on any atom is 0.329 e. The highest BCUT2D eigenvalue weighted by molar-refractivity contribution is 6.32. The molecule has 7 nitrogen and oxygen atoms in total. The number of aromatic nitrogens is 2. The summed E-state index contributed by atoms with van der Waals surface area (Å²) in [7, 11) is 0. The van der Waals surface area contributed by atoms with Crippen molar-refractivity contribution in [3.05, 3.63) is 41.2 Å². The van der Waals surface area contributed by atoms with Crippen LogP contribution in [0.25, 0.3) is 0 Å². The molecule has 0 N–H and O–H groups in total. The number of esters is 1. The molecule has 0 amide bonds. The zero-order valence-corrected chi connectivity index (χ0v) is 14.8. The molecule has 0 unspecified atom stereocenters. The molecule has 1 saturated heterocycles. The van der Waals surface area contributed by atoms with Crippen LogP contribution in [0.1, 0.15) is 24.8 Å². The van der Waals surface area contributed by atoms with E-state index in [1.54, 1.807) is 30.6 Å². The number of piperidine rings is 1. The van der Waals surface area contributed by atoms with Gasteiger partial charge in [0.1, 0.15) is 12.6 Å². The van der Waals surface area contributed by atoms with E-state index in [2.05, 4.69) is 9.97 Å². The van der Waals surface area contributed by atoms with Crippen LogP contribution in [0.3, 0.4) is 0 Å². The maximum atomic E-state index is 12.7. The number of nitrogens with zero attached hydrogens (tertiary/aromatic N) is 3. The van der Waals surface area contributed by atoms with Crippen LogP contribution in [0.15, 0.2) is 30.6 Å². The zero-order valence-electron chi connectivity index (χ0n) is 14.1. The standard InChI is InChI=1S/C18H18ClN3O4/c19-13-8-12(9-15-16(13)26-11-25-15)10-24-17(23)14-4-1-2-7-22(14)18-20-5-3-6-21-18/h3,5-6,8-9,14H,1-2,4,7,10-11H2/t14-/m1/s1. The molecule has 3 heterocycles. The highest BCUT2D eigenvalue weighted by Gasteiger charge is 2.31. The Kier molecular flexibility index (Phi) is 4.79. The molecule has 2 aliphatic rings. The first-order chi connectivity index (χ1) is 12.7. The molecule has 0 aliphatic carbocycles. The lowest BCUT2D eigenvalue weighted by atomic mass is 10.0. The number of hydrogen-bond acceptors (Lipinski definition) is 7. The van der Waals surface area contributed by atoms with Gasteiger partial charge in [-0.05, 0) is 43.0 Å². The summed E-state index contributed by atoms with van der Waals surface area (Å²) < 4.78 is 16.2. The summed E-state index contributed by atoms with van der Waals surface area (Å²) in [4.78, 5) is 23.1. The van der Waals surface area contributed by atoms with Crippen molar-refractivity contribution >= 4 is 23.5 Å².